The van der Waals surface area contributed by atoms with Crippen LogP contribution < -0.4 is 10.1 Å². The van der Waals surface area contributed by atoms with Gasteiger partial charge in [-0.05, 0) is 26.0 Å². The van der Waals surface area contributed by atoms with Gasteiger partial charge in [0.15, 0.2) is 0 Å². The molecule has 4 heteroatoms. The first-order valence-electron chi connectivity index (χ1n) is 4.67. The zero-order valence-electron chi connectivity index (χ0n) is 8.85. The van der Waals surface area contributed by atoms with Gasteiger partial charge in [-0.3, -0.25) is 4.79 Å². The highest BCUT2D eigenvalue weighted by molar-refractivity contribution is 6.06. The highest BCUT2D eigenvalue weighted by Gasteiger charge is 2.42. The fourth-order valence-electron chi connectivity index (χ4n) is 1.85. The maximum Gasteiger partial charge on any atom is 0.234 e. The number of fused-ring (bicyclic) bond motifs is 1. The molecule has 0 saturated carbocycles. The van der Waals surface area contributed by atoms with Crippen molar-refractivity contribution in [2.45, 2.75) is 19.3 Å². The minimum Gasteiger partial charge on any atom is -0.496 e. The molecule has 1 N–H and O–H groups in total. The van der Waals surface area contributed by atoms with E-state index in [0.717, 1.165) is 0 Å². The fourth-order valence-corrected chi connectivity index (χ4v) is 1.85. The number of ether oxygens (including phenoxy) is 1. The molecule has 80 valence electrons. The number of hydrogen-bond acceptors (Lipinski definition) is 2. The maximum atomic E-state index is 13.5. The highest BCUT2D eigenvalue weighted by atomic mass is 19.1. The zero-order chi connectivity index (χ0) is 11.2. The molecule has 1 amide bonds. The Morgan fingerprint density at radius 2 is 2.07 bits per heavy atom. The topological polar surface area (TPSA) is 38.3 Å². The van der Waals surface area contributed by atoms with Crippen molar-refractivity contribution < 1.29 is 13.9 Å². The van der Waals surface area contributed by atoms with Gasteiger partial charge in [-0.2, -0.15) is 0 Å². The molecule has 0 aromatic heterocycles. The molecule has 0 atom stereocenters. The largest absolute Gasteiger partial charge is 0.496 e. The van der Waals surface area contributed by atoms with Gasteiger partial charge >= 0.3 is 0 Å². The molecule has 1 aliphatic heterocycles. The number of hydrogen-bond donors (Lipinski definition) is 1. The third-order valence-corrected chi connectivity index (χ3v) is 2.77. The quantitative estimate of drug-likeness (QED) is 0.768. The second kappa shape index (κ2) is 2.95. The average Bonchev–Trinajstić information content (AvgIpc) is 2.42. The molecule has 0 saturated heterocycles. The van der Waals surface area contributed by atoms with Crippen LogP contribution in [0.15, 0.2) is 12.1 Å². The summed E-state index contributed by atoms with van der Waals surface area (Å²) in [5.41, 5.74) is 0.0855. The Hall–Kier alpha value is -1.58. The first-order valence-corrected chi connectivity index (χ1v) is 4.67. The second-order valence-electron chi connectivity index (χ2n) is 4.08. The lowest BCUT2D eigenvalue weighted by atomic mass is 9.85. The number of nitrogens with one attached hydrogen (secondary N) is 1. The van der Waals surface area contributed by atoms with E-state index in [1.54, 1.807) is 13.8 Å². The van der Waals surface area contributed by atoms with Gasteiger partial charge in [0.2, 0.25) is 5.91 Å². The number of anilines is 1. The monoisotopic (exact) mass is 209 g/mol. The van der Waals surface area contributed by atoms with E-state index in [-0.39, 0.29) is 11.6 Å². The molecule has 1 aromatic carbocycles. The molecule has 1 aliphatic rings. The standard InChI is InChI=1S/C11H12FNO2/c1-11(2)8-7(15-3)5-4-6(12)9(8)13-10(11)14/h4-5H,1-3H3,(H,13,14). The summed E-state index contributed by atoms with van der Waals surface area (Å²) in [6.07, 6.45) is 0. The van der Waals surface area contributed by atoms with Gasteiger partial charge in [-0.25, -0.2) is 4.39 Å². The predicted octanol–water partition coefficient (Wildman–Crippen LogP) is 2.06. The highest BCUT2D eigenvalue weighted by Crippen LogP contribution is 2.44. The molecule has 0 aliphatic carbocycles. The normalized spacial score (nSPS) is 17.2. The van der Waals surface area contributed by atoms with Crippen molar-refractivity contribution in [2.75, 3.05) is 12.4 Å². The molecule has 0 fully saturated rings. The van der Waals surface area contributed by atoms with Crippen molar-refractivity contribution in [2.24, 2.45) is 0 Å². The number of methoxy groups -OCH3 is 1. The molecule has 3 nitrogen and oxygen atoms in total. The van der Waals surface area contributed by atoms with E-state index in [4.69, 9.17) is 4.74 Å². The third kappa shape index (κ3) is 1.21. The lowest BCUT2D eigenvalue weighted by Crippen LogP contribution is -2.27. The van der Waals surface area contributed by atoms with Crippen molar-refractivity contribution in [3.63, 3.8) is 0 Å². The Bertz CT molecular complexity index is 440. The van der Waals surface area contributed by atoms with Crippen LogP contribution in [-0.4, -0.2) is 13.0 Å². The summed E-state index contributed by atoms with van der Waals surface area (Å²) in [4.78, 5) is 11.6. The minimum atomic E-state index is -0.747. The van der Waals surface area contributed by atoms with Crippen LogP contribution in [0.4, 0.5) is 10.1 Å². The van der Waals surface area contributed by atoms with E-state index in [0.29, 0.717) is 11.3 Å². The fraction of sp³-hybridized carbons (Fsp3) is 0.364. The smallest absolute Gasteiger partial charge is 0.234 e. The number of halogens is 1. The summed E-state index contributed by atoms with van der Waals surface area (Å²) in [7, 11) is 1.51. The Labute approximate surface area is 87.2 Å². The van der Waals surface area contributed by atoms with Gasteiger partial charge in [-0.1, -0.05) is 0 Å². The Morgan fingerprint density at radius 3 is 2.67 bits per heavy atom. The molecule has 0 spiro atoms. The number of rotatable bonds is 1. The SMILES string of the molecule is COc1ccc(F)c2c1C(C)(C)C(=O)N2. The van der Waals surface area contributed by atoms with Crippen molar-refractivity contribution in [3.05, 3.63) is 23.5 Å². The number of amides is 1. The number of benzene rings is 1. The maximum absolute atomic E-state index is 13.5. The van der Waals surface area contributed by atoms with Crippen molar-refractivity contribution >= 4 is 11.6 Å². The van der Waals surface area contributed by atoms with Crippen LogP contribution >= 0.6 is 0 Å². The number of carbonyl (C=O) groups excluding carboxylic acids is 1. The molecule has 1 aromatic rings. The van der Waals surface area contributed by atoms with E-state index in [9.17, 15) is 9.18 Å². The van der Waals surface area contributed by atoms with E-state index in [1.807, 2.05) is 0 Å². The van der Waals surface area contributed by atoms with Crippen LogP contribution in [-0.2, 0) is 10.2 Å². The molecule has 2 rings (SSSR count). The van der Waals surface area contributed by atoms with E-state index in [2.05, 4.69) is 5.32 Å². The van der Waals surface area contributed by atoms with Crippen LogP contribution in [0.3, 0.4) is 0 Å². The average molecular weight is 209 g/mol. The summed E-state index contributed by atoms with van der Waals surface area (Å²) in [5.74, 6) is -0.0969. The molecule has 0 unspecified atom stereocenters. The molecular formula is C11H12FNO2. The van der Waals surface area contributed by atoms with Gasteiger partial charge in [0.1, 0.15) is 11.6 Å². The van der Waals surface area contributed by atoms with Gasteiger partial charge < -0.3 is 10.1 Å². The van der Waals surface area contributed by atoms with Crippen LogP contribution in [0, 0.1) is 5.82 Å². The minimum absolute atomic E-state index is 0.207. The van der Waals surface area contributed by atoms with Crippen molar-refractivity contribution in [1.82, 2.24) is 0 Å². The summed E-state index contributed by atoms with van der Waals surface area (Å²) in [5, 5.41) is 2.54. The zero-order valence-corrected chi connectivity index (χ0v) is 8.85. The Balaban J connectivity index is 2.73. The summed E-state index contributed by atoms with van der Waals surface area (Å²) in [6.45, 7) is 3.49. The lowest BCUT2D eigenvalue weighted by molar-refractivity contribution is -0.119. The van der Waals surface area contributed by atoms with Gasteiger partial charge in [0.25, 0.3) is 0 Å². The first kappa shape index (κ1) is 9.96. The van der Waals surface area contributed by atoms with Crippen molar-refractivity contribution in [1.29, 1.82) is 0 Å². The summed E-state index contributed by atoms with van der Waals surface area (Å²) in [6, 6.07) is 2.83. The lowest BCUT2D eigenvalue weighted by Gasteiger charge is -2.17. The number of carbonyl (C=O) groups is 1. The van der Waals surface area contributed by atoms with Crippen LogP contribution in [0.2, 0.25) is 0 Å². The Kier molecular flexibility index (Phi) is 1.96. The third-order valence-electron chi connectivity index (χ3n) is 2.77. The van der Waals surface area contributed by atoms with Gasteiger partial charge in [-0.15, -0.1) is 0 Å². The molecule has 15 heavy (non-hydrogen) atoms. The van der Waals surface area contributed by atoms with E-state index >= 15 is 0 Å². The molecule has 0 bridgehead atoms. The van der Waals surface area contributed by atoms with Crippen LogP contribution in [0.1, 0.15) is 19.4 Å². The van der Waals surface area contributed by atoms with E-state index in [1.165, 1.54) is 19.2 Å². The molecule has 0 radical (unpaired) electrons. The van der Waals surface area contributed by atoms with Crippen LogP contribution in [0.5, 0.6) is 5.75 Å². The molecular weight excluding hydrogens is 197 g/mol. The van der Waals surface area contributed by atoms with E-state index < -0.39 is 11.2 Å². The summed E-state index contributed by atoms with van der Waals surface area (Å²) < 4.78 is 18.6. The van der Waals surface area contributed by atoms with Gasteiger partial charge in [0.05, 0.1) is 18.2 Å². The predicted molar refractivity (Wildman–Crippen MR) is 54.6 cm³/mol. The molecule has 1 heterocycles. The second-order valence-corrected chi connectivity index (χ2v) is 4.08. The summed E-state index contributed by atoms with van der Waals surface area (Å²) >= 11 is 0. The van der Waals surface area contributed by atoms with Gasteiger partial charge in [0, 0.05) is 5.56 Å². The first-order chi connectivity index (χ1) is 6.98. The van der Waals surface area contributed by atoms with Crippen LogP contribution in [0.25, 0.3) is 0 Å². The van der Waals surface area contributed by atoms with Crippen molar-refractivity contribution in [3.8, 4) is 5.75 Å². The Morgan fingerprint density at radius 1 is 1.40 bits per heavy atom.